The van der Waals surface area contributed by atoms with Gasteiger partial charge in [0.1, 0.15) is 0 Å². The highest BCUT2D eigenvalue weighted by Gasteiger charge is 2.32. The fourth-order valence-corrected chi connectivity index (χ4v) is 3.12. The van der Waals surface area contributed by atoms with Crippen LogP contribution in [0.2, 0.25) is 0 Å². The van der Waals surface area contributed by atoms with Crippen LogP contribution in [0.1, 0.15) is 51.3 Å². The van der Waals surface area contributed by atoms with E-state index in [9.17, 15) is 0 Å². The van der Waals surface area contributed by atoms with Gasteiger partial charge in [0.05, 0.1) is 12.1 Å². The van der Waals surface area contributed by atoms with Gasteiger partial charge in [-0.2, -0.15) is 0 Å². The number of likely N-dealkylation sites (N-methyl/N-ethyl adjacent to an activating group) is 1. The molecule has 3 atom stereocenters. The van der Waals surface area contributed by atoms with E-state index < -0.39 is 0 Å². The maximum atomic E-state index is 5.97. The Morgan fingerprint density at radius 3 is 2.45 bits per heavy atom. The zero-order valence-electron chi connectivity index (χ0n) is 13.4. The standard InChI is InChI=1S/C18H29NO/c1-5-19-17(18-14(4)10-11-20-18)16-8-6-15(7-9-16)12-13(2)3/h6-9,13-14,17-19H,5,10-12H2,1-4H3. The molecule has 0 radical (unpaired) electrons. The van der Waals surface area contributed by atoms with E-state index in [4.69, 9.17) is 4.74 Å². The molecule has 3 unspecified atom stereocenters. The summed E-state index contributed by atoms with van der Waals surface area (Å²) in [5.41, 5.74) is 2.79. The molecule has 0 bridgehead atoms. The third kappa shape index (κ3) is 3.83. The summed E-state index contributed by atoms with van der Waals surface area (Å²) in [6, 6.07) is 9.43. The summed E-state index contributed by atoms with van der Waals surface area (Å²) in [7, 11) is 0. The first-order chi connectivity index (χ1) is 9.61. The molecular formula is C18H29NO. The van der Waals surface area contributed by atoms with Crippen molar-refractivity contribution in [2.45, 2.75) is 52.7 Å². The smallest absolute Gasteiger partial charge is 0.0795 e. The highest BCUT2D eigenvalue weighted by molar-refractivity contribution is 5.26. The minimum absolute atomic E-state index is 0.311. The zero-order chi connectivity index (χ0) is 14.5. The molecule has 1 aromatic carbocycles. The Kier molecular flexibility index (Phi) is 5.62. The normalized spacial score (nSPS) is 24.2. The number of hydrogen-bond acceptors (Lipinski definition) is 2. The van der Waals surface area contributed by atoms with Crippen molar-refractivity contribution >= 4 is 0 Å². The van der Waals surface area contributed by atoms with Gasteiger partial charge in [-0.25, -0.2) is 0 Å². The summed E-state index contributed by atoms with van der Waals surface area (Å²) in [6.45, 7) is 10.9. The number of ether oxygens (including phenoxy) is 1. The van der Waals surface area contributed by atoms with Crippen LogP contribution in [0.25, 0.3) is 0 Å². The second-order valence-corrected chi connectivity index (χ2v) is 6.48. The van der Waals surface area contributed by atoms with Gasteiger partial charge in [-0.3, -0.25) is 0 Å². The van der Waals surface area contributed by atoms with E-state index in [1.54, 1.807) is 0 Å². The van der Waals surface area contributed by atoms with Crippen LogP contribution in [0.3, 0.4) is 0 Å². The van der Waals surface area contributed by atoms with Crippen molar-refractivity contribution in [3.63, 3.8) is 0 Å². The maximum Gasteiger partial charge on any atom is 0.0795 e. The van der Waals surface area contributed by atoms with Gasteiger partial charge < -0.3 is 10.1 Å². The average molecular weight is 275 g/mol. The van der Waals surface area contributed by atoms with Gasteiger partial charge in [-0.15, -0.1) is 0 Å². The first-order valence-electron chi connectivity index (χ1n) is 8.05. The topological polar surface area (TPSA) is 21.3 Å². The molecule has 0 amide bonds. The van der Waals surface area contributed by atoms with Crippen LogP contribution in [-0.2, 0) is 11.2 Å². The fourth-order valence-electron chi connectivity index (χ4n) is 3.12. The van der Waals surface area contributed by atoms with E-state index in [1.807, 2.05) is 0 Å². The SMILES string of the molecule is CCNC(c1ccc(CC(C)C)cc1)C1OCCC1C. The van der Waals surface area contributed by atoms with E-state index in [2.05, 4.69) is 57.3 Å². The lowest BCUT2D eigenvalue weighted by Gasteiger charge is -2.27. The minimum atomic E-state index is 0.311. The van der Waals surface area contributed by atoms with Crippen LogP contribution in [0.15, 0.2) is 24.3 Å². The molecule has 1 aliphatic heterocycles. The summed E-state index contributed by atoms with van der Waals surface area (Å²) < 4.78 is 5.97. The number of benzene rings is 1. The minimum Gasteiger partial charge on any atom is -0.376 e. The van der Waals surface area contributed by atoms with Crippen LogP contribution >= 0.6 is 0 Å². The number of nitrogens with one attached hydrogen (secondary N) is 1. The van der Waals surface area contributed by atoms with Gasteiger partial charge in [-0.05, 0) is 42.3 Å². The molecule has 2 rings (SSSR count). The quantitative estimate of drug-likeness (QED) is 0.848. The van der Waals surface area contributed by atoms with Gasteiger partial charge in [0, 0.05) is 6.61 Å². The summed E-state index contributed by atoms with van der Waals surface area (Å²) in [5, 5.41) is 3.61. The van der Waals surface area contributed by atoms with Crippen molar-refractivity contribution in [1.82, 2.24) is 5.32 Å². The summed E-state index contributed by atoms with van der Waals surface area (Å²) >= 11 is 0. The van der Waals surface area contributed by atoms with Crippen molar-refractivity contribution in [3.8, 4) is 0 Å². The van der Waals surface area contributed by atoms with E-state index >= 15 is 0 Å². The Bertz CT molecular complexity index is 398. The molecule has 0 saturated carbocycles. The molecule has 1 saturated heterocycles. The Labute approximate surface area is 123 Å². The van der Waals surface area contributed by atoms with Crippen molar-refractivity contribution in [1.29, 1.82) is 0 Å². The lowest BCUT2D eigenvalue weighted by atomic mass is 9.91. The zero-order valence-corrected chi connectivity index (χ0v) is 13.4. The largest absolute Gasteiger partial charge is 0.376 e. The lowest BCUT2D eigenvalue weighted by molar-refractivity contribution is 0.0612. The van der Waals surface area contributed by atoms with Gasteiger partial charge in [-0.1, -0.05) is 52.0 Å². The van der Waals surface area contributed by atoms with Gasteiger partial charge in [0.25, 0.3) is 0 Å². The molecule has 1 aromatic rings. The Balaban J connectivity index is 2.12. The number of rotatable bonds is 6. The second kappa shape index (κ2) is 7.24. The molecule has 0 spiro atoms. The van der Waals surface area contributed by atoms with E-state index in [0.717, 1.165) is 19.6 Å². The van der Waals surface area contributed by atoms with Gasteiger partial charge in [0.2, 0.25) is 0 Å². The van der Waals surface area contributed by atoms with Crippen molar-refractivity contribution in [3.05, 3.63) is 35.4 Å². The molecule has 2 nitrogen and oxygen atoms in total. The Morgan fingerprint density at radius 1 is 1.25 bits per heavy atom. The molecule has 1 N–H and O–H groups in total. The second-order valence-electron chi connectivity index (χ2n) is 6.48. The highest BCUT2D eigenvalue weighted by atomic mass is 16.5. The molecule has 20 heavy (non-hydrogen) atoms. The molecule has 2 heteroatoms. The van der Waals surface area contributed by atoms with Crippen LogP contribution in [-0.4, -0.2) is 19.3 Å². The van der Waals surface area contributed by atoms with E-state index in [-0.39, 0.29) is 0 Å². The van der Waals surface area contributed by atoms with Crippen LogP contribution < -0.4 is 5.32 Å². The Hall–Kier alpha value is -0.860. The molecular weight excluding hydrogens is 246 g/mol. The molecule has 1 fully saturated rings. The molecule has 112 valence electrons. The lowest BCUT2D eigenvalue weighted by Crippen LogP contribution is -2.34. The van der Waals surface area contributed by atoms with Crippen molar-refractivity contribution in [2.24, 2.45) is 11.8 Å². The first-order valence-corrected chi connectivity index (χ1v) is 8.05. The summed E-state index contributed by atoms with van der Waals surface area (Å²) in [4.78, 5) is 0. The van der Waals surface area contributed by atoms with Crippen molar-refractivity contribution in [2.75, 3.05) is 13.2 Å². The van der Waals surface area contributed by atoms with Crippen LogP contribution in [0, 0.1) is 11.8 Å². The van der Waals surface area contributed by atoms with Crippen LogP contribution in [0.5, 0.6) is 0 Å². The highest BCUT2D eigenvalue weighted by Crippen LogP contribution is 2.31. The van der Waals surface area contributed by atoms with Gasteiger partial charge >= 0.3 is 0 Å². The predicted molar refractivity (Wildman–Crippen MR) is 84.9 cm³/mol. The maximum absolute atomic E-state index is 5.97. The third-order valence-electron chi connectivity index (χ3n) is 4.18. The molecule has 1 aliphatic rings. The predicted octanol–water partition coefficient (Wildman–Crippen LogP) is 3.96. The Morgan fingerprint density at radius 2 is 1.95 bits per heavy atom. The first kappa shape index (κ1) is 15.5. The molecule has 0 aromatic heterocycles. The van der Waals surface area contributed by atoms with Gasteiger partial charge in [0.15, 0.2) is 0 Å². The van der Waals surface area contributed by atoms with E-state index in [0.29, 0.717) is 24.0 Å². The summed E-state index contributed by atoms with van der Waals surface area (Å²) in [5.74, 6) is 1.35. The average Bonchev–Trinajstić information content (AvgIpc) is 2.83. The van der Waals surface area contributed by atoms with E-state index in [1.165, 1.54) is 17.5 Å². The third-order valence-corrected chi connectivity index (χ3v) is 4.18. The number of hydrogen-bond donors (Lipinski definition) is 1. The monoisotopic (exact) mass is 275 g/mol. The molecule has 1 heterocycles. The fraction of sp³-hybridized carbons (Fsp3) is 0.667. The summed E-state index contributed by atoms with van der Waals surface area (Å²) in [6.07, 6.45) is 2.64. The molecule has 0 aliphatic carbocycles. The van der Waals surface area contributed by atoms with Crippen molar-refractivity contribution < 1.29 is 4.74 Å². The van der Waals surface area contributed by atoms with Crippen LogP contribution in [0.4, 0.5) is 0 Å².